The van der Waals surface area contributed by atoms with E-state index in [2.05, 4.69) is 5.32 Å². The maximum atomic E-state index is 13.6. The standard InChI is InChI=1S/C25H25F3N2O5/c26-25(27,28)21(22(33)29-14-24(10-5-11-24)12-20(31)32)30-23(34)35-13-19-17-8-3-1-6-15(17)16-7-2-4-9-18(16)19/h1-4,6-9,19,21H,5,10-14H2,(H,29,33)(H,30,34)(H,31,32). The van der Waals surface area contributed by atoms with Crippen molar-refractivity contribution >= 4 is 18.0 Å². The number of ether oxygens (including phenoxy) is 1. The lowest BCUT2D eigenvalue weighted by molar-refractivity contribution is -0.168. The van der Waals surface area contributed by atoms with Crippen LogP contribution in [-0.4, -0.2) is 48.4 Å². The van der Waals surface area contributed by atoms with Gasteiger partial charge in [0.25, 0.3) is 5.91 Å². The van der Waals surface area contributed by atoms with Gasteiger partial charge in [-0.1, -0.05) is 55.0 Å². The lowest BCUT2D eigenvalue weighted by atomic mass is 9.66. The zero-order valence-electron chi connectivity index (χ0n) is 18.7. The fraction of sp³-hybridized carbons (Fsp3) is 0.400. The van der Waals surface area contributed by atoms with E-state index in [0.29, 0.717) is 12.8 Å². The van der Waals surface area contributed by atoms with Crippen LogP contribution in [0.15, 0.2) is 48.5 Å². The number of hydrogen-bond donors (Lipinski definition) is 3. The van der Waals surface area contributed by atoms with Gasteiger partial charge in [0.15, 0.2) is 0 Å². The van der Waals surface area contributed by atoms with Crippen LogP contribution in [0.3, 0.4) is 0 Å². The first kappa shape index (κ1) is 24.6. The summed E-state index contributed by atoms with van der Waals surface area (Å²) in [5.41, 5.74) is 2.97. The highest BCUT2D eigenvalue weighted by Crippen LogP contribution is 2.45. The fourth-order valence-corrected chi connectivity index (χ4v) is 4.84. The van der Waals surface area contributed by atoms with Gasteiger partial charge in [0.05, 0.1) is 6.42 Å². The Hall–Kier alpha value is -3.56. The molecule has 186 valence electrons. The Morgan fingerprint density at radius 3 is 2.09 bits per heavy atom. The Morgan fingerprint density at radius 2 is 1.60 bits per heavy atom. The van der Waals surface area contributed by atoms with Crippen LogP contribution in [0.25, 0.3) is 11.1 Å². The van der Waals surface area contributed by atoms with Crippen molar-refractivity contribution in [3.8, 4) is 11.1 Å². The number of amides is 2. The first-order valence-electron chi connectivity index (χ1n) is 11.3. The Morgan fingerprint density at radius 1 is 1.03 bits per heavy atom. The van der Waals surface area contributed by atoms with E-state index in [1.807, 2.05) is 48.5 Å². The number of halogens is 3. The van der Waals surface area contributed by atoms with E-state index < -0.39 is 35.6 Å². The van der Waals surface area contributed by atoms with Crippen LogP contribution in [0.5, 0.6) is 0 Å². The number of hydrogen-bond acceptors (Lipinski definition) is 4. The molecular formula is C25H25F3N2O5. The van der Waals surface area contributed by atoms with Gasteiger partial charge in [0.1, 0.15) is 6.61 Å². The molecule has 2 aliphatic rings. The van der Waals surface area contributed by atoms with Crippen LogP contribution >= 0.6 is 0 Å². The van der Waals surface area contributed by atoms with Crippen molar-refractivity contribution in [3.63, 3.8) is 0 Å². The van der Waals surface area contributed by atoms with Crippen LogP contribution in [0, 0.1) is 5.41 Å². The molecule has 0 bridgehead atoms. The maximum Gasteiger partial charge on any atom is 0.417 e. The molecule has 1 saturated carbocycles. The normalized spacial score (nSPS) is 16.9. The fourth-order valence-electron chi connectivity index (χ4n) is 4.84. The molecule has 10 heteroatoms. The SMILES string of the molecule is O=C(O)CC1(CNC(=O)C(NC(=O)OCC2c3ccccc3-c3ccccc32)C(F)(F)F)CCC1. The molecule has 0 radical (unpaired) electrons. The average molecular weight is 490 g/mol. The summed E-state index contributed by atoms with van der Waals surface area (Å²) < 4.78 is 45.8. The molecule has 0 aliphatic heterocycles. The average Bonchev–Trinajstić information content (AvgIpc) is 3.10. The van der Waals surface area contributed by atoms with Gasteiger partial charge in [-0.25, -0.2) is 4.79 Å². The maximum absolute atomic E-state index is 13.6. The highest BCUT2D eigenvalue weighted by molar-refractivity contribution is 5.86. The lowest BCUT2D eigenvalue weighted by Crippen LogP contribution is -2.57. The number of carboxylic acids is 1. The van der Waals surface area contributed by atoms with Gasteiger partial charge in [-0.05, 0) is 40.5 Å². The van der Waals surface area contributed by atoms with Crippen molar-refractivity contribution < 1.29 is 37.4 Å². The molecule has 2 amide bonds. The minimum Gasteiger partial charge on any atom is -0.481 e. The summed E-state index contributed by atoms with van der Waals surface area (Å²) >= 11 is 0. The monoisotopic (exact) mass is 490 g/mol. The number of carboxylic acid groups (broad SMARTS) is 1. The van der Waals surface area contributed by atoms with Crippen molar-refractivity contribution in [1.82, 2.24) is 10.6 Å². The predicted molar refractivity (Wildman–Crippen MR) is 120 cm³/mol. The Bertz CT molecular complexity index is 1080. The van der Waals surface area contributed by atoms with Crippen molar-refractivity contribution in [1.29, 1.82) is 0 Å². The zero-order chi connectivity index (χ0) is 25.2. The first-order chi connectivity index (χ1) is 16.6. The summed E-state index contributed by atoms with van der Waals surface area (Å²) in [7, 11) is 0. The molecule has 4 rings (SSSR count). The molecule has 0 saturated heterocycles. The topological polar surface area (TPSA) is 105 Å². The summed E-state index contributed by atoms with van der Waals surface area (Å²) in [6, 6.07) is 12.2. The van der Waals surface area contributed by atoms with Gasteiger partial charge in [-0.15, -0.1) is 0 Å². The van der Waals surface area contributed by atoms with Crippen molar-refractivity contribution in [2.24, 2.45) is 5.41 Å². The van der Waals surface area contributed by atoms with Crippen molar-refractivity contribution in [3.05, 3.63) is 59.7 Å². The van der Waals surface area contributed by atoms with Crippen LogP contribution < -0.4 is 10.6 Å². The first-order valence-corrected chi connectivity index (χ1v) is 11.3. The third-order valence-electron chi connectivity index (χ3n) is 6.77. The summed E-state index contributed by atoms with van der Waals surface area (Å²) in [6.45, 7) is -0.412. The summed E-state index contributed by atoms with van der Waals surface area (Å²) in [5, 5.41) is 12.8. The number of carbonyl (C=O) groups excluding carboxylic acids is 2. The van der Waals surface area contributed by atoms with E-state index in [1.54, 1.807) is 5.32 Å². The van der Waals surface area contributed by atoms with E-state index in [4.69, 9.17) is 9.84 Å². The van der Waals surface area contributed by atoms with Crippen LogP contribution in [-0.2, 0) is 14.3 Å². The molecule has 1 fully saturated rings. The third kappa shape index (κ3) is 5.26. The molecule has 0 heterocycles. The summed E-state index contributed by atoms with van der Waals surface area (Å²) in [6.07, 6.45) is -4.94. The molecule has 0 spiro atoms. The van der Waals surface area contributed by atoms with Gasteiger partial charge >= 0.3 is 18.2 Å². The Labute approximate surface area is 199 Å². The smallest absolute Gasteiger partial charge is 0.417 e. The molecule has 2 aromatic carbocycles. The van der Waals surface area contributed by atoms with E-state index in [-0.39, 0.29) is 25.5 Å². The molecule has 0 aromatic heterocycles. The highest BCUT2D eigenvalue weighted by atomic mass is 19.4. The van der Waals surface area contributed by atoms with E-state index >= 15 is 0 Å². The lowest BCUT2D eigenvalue weighted by Gasteiger charge is -2.41. The number of alkyl halides is 3. The number of rotatable bonds is 8. The largest absolute Gasteiger partial charge is 0.481 e. The third-order valence-corrected chi connectivity index (χ3v) is 6.77. The summed E-state index contributed by atoms with van der Waals surface area (Å²) in [4.78, 5) is 35.7. The Kier molecular flexibility index (Phi) is 6.73. The number of alkyl carbamates (subject to hydrolysis) is 1. The number of carbonyl (C=O) groups is 3. The second-order valence-electron chi connectivity index (χ2n) is 9.09. The predicted octanol–water partition coefficient (Wildman–Crippen LogP) is 4.22. The molecule has 35 heavy (non-hydrogen) atoms. The summed E-state index contributed by atoms with van der Waals surface area (Å²) in [5.74, 6) is -2.88. The number of benzene rings is 2. The van der Waals surface area contributed by atoms with Crippen LogP contribution in [0.4, 0.5) is 18.0 Å². The van der Waals surface area contributed by atoms with Crippen LogP contribution in [0.1, 0.15) is 42.7 Å². The van der Waals surface area contributed by atoms with Crippen molar-refractivity contribution in [2.45, 2.75) is 43.8 Å². The van der Waals surface area contributed by atoms with Crippen LogP contribution in [0.2, 0.25) is 0 Å². The van der Waals surface area contributed by atoms with E-state index in [1.165, 1.54) is 0 Å². The molecule has 7 nitrogen and oxygen atoms in total. The minimum absolute atomic E-state index is 0.201. The minimum atomic E-state index is -5.06. The van der Waals surface area contributed by atoms with Gasteiger partial charge in [0.2, 0.25) is 6.04 Å². The molecule has 1 unspecified atom stereocenters. The number of aliphatic carboxylic acids is 1. The second-order valence-corrected chi connectivity index (χ2v) is 9.09. The van der Waals surface area contributed by atoms with Gasteiger partial charge in [0, 0.05) is 12.5 Å². The zero-order valence-corrected chi connectivity index (χ0v) is 18.7. The molecular weight excluding hydrogens is 465 g/mol. The highest BCUT2D eigenvalue weighted by Gasteiger charge is 2.48. The van der Waals surface area contributed by atoms with E-state index in [9.17, 15) is 27.6 Å². The quantitative estimate of drug-likeness (QED) is 0.514. The molecule has 2 aliphatic carbocycles. The van der Waals surface area contributed by atoms with Gasteiger partial charge in [-0.2, -0.15) is 13.2 Å². The number of fused-ring (bicyclic) bond motifs is 3. The molecule has 2 aromatic rings. The van der Waals surface area contributed by atoms with E-state index in [0.717, 1.165) is 28.7 Å². The second kappa shape index (κ2) is 9.59. The van der Waals surface area contributed by atoms with Crippen molar-refractivity contribution in [2.75, 3.05) is 13.2 Å². The number of nitrogens with one attached hydrogen (secondary N) is 2. The van der Waals surface area contributed by atoms with Gasteiger partial charge in [-0.3, -0.25) is 9.59 Å². The Balaban J connectivity index is 1.39. The molecule has 1 atom stereocenters. The van der Waals surface area contributed by atoms with Gasteiger partial charge < -0.3 is 20.5 Å². The molecule has 3 N–H and O–H groups in total.